The van der Waals surface area contributed by atoms with Gasteiger partial charge in [-0.05, 0) is 54.9 Å². The molecule has 2 aromatic heterocycles. The quantitative estimate of drug-likeness (QED) is 0.0279. The number of benzene rings is 1. The lowest BCUT2D eigenvalue weighted by molar-refractivity contribution is -0.301. The SMILES string of the molecule is CC[C@@]1(O)C(=O)OCc2c1cc1n(c2=O)Cc2c-1nc1cc(F)c(C)c3c1c2C(NC(=O)CNC(=O)C(C=NC(=O)[C@@H](NC(=O)CCNC(=O)CN1C(=O)C=CC1=O)C(C)C)CO[C@@H]1O[C@H](CO)[C@@H](O)[C@H](O)[C@H]1O)CC3. The minimum atomic E-state index is -2.11. The predicted octanol–water partition coefficient (Wildman–Crippen LogP) is -2.65. The lowest BCUT2D eigenvalue weighted by Gasteiger charge is -2.39. The molecule has 6 heterocycles. The lowest BCUT2D eigenvalue weighted by Crippen LogP contribution is -2.59. The van der Waals surface area contributed by atoms with Crippen LogP contribution in [-0.4, -0.2) is 163 Å². The van der Waals surface area contributed by atoms with Crippen LogP contribution in [-0.2, 0) is 77.7 Å². The second kappa shape index (κ2) is 22.2. The molecule has 2 unspecified atom stereocenters. The Morgan fingerprint density at radius 1 is 0.987 bits per heavy atom. The van der Waals surface area contributed by atoms with Gasteiger partial charge in [0.2, 0.25) is 23.6 Å². The molecule has 0 spiro atoms. The molecule has 26 heteroatoms. The van der Waals surface area contributed by atoms with Crippen molar-refractivity contribution in [3.63, 3.8) is 0 Å². The molecule has 4 aliphatic heterocycles. The van der Waals surface area contributed by atoms with Gasteiger partial charge in [0, 0.05) is 53.9 Å². The van der Waals surface area contributed by atoms with Gasteiger partial charge in [0.1, 0.15) is 49.4 Å². The van der Waals surface area contributed by atoms with E-state index < -0.39 is 145 Å². The van der Waals surface area contributed by atoms with Crippen molar-refractivity contribution in [3.8, 4) is 11.4 Å². The third kappa shape index (κ3) is 10.5. The molecule has 5 aliphatic rings. The van der Waals surface area contributed by atoms with Crippen LogP contribution in [0, 0.1) is 24.6 Å². The van der Waals surface area contributed by atoms with E-state index in [2.05, 4.69) is 26.3 Å². The Hall–Kier alpha value is -7.20. The number of esters is 1. The van der Waals surface area contributed by atoms with Crippen molar-refractivity contribution in [1.29, 1.82) is 0 Å². The first kappa shape index (κ1) is 55.0. The Morgan fingerprint density at radius 2 is 1.71 bits per heavy atom. The highest BCUT2D eigenvalue weighted by Crippen LogP contribution is 2.46. The molecule has 1 saturated heterocycles. The number of hydrogen-bond donors (Lipinski definition) is 9. The summed E-state index contributed by atoms with van der Waals surface area (Å²) in [4.78, 5) is 127. The van der Waals surface area contributed by atoms with Crippen LogP contribution in [0.1, 0.15) is 79.5 Å². The topological polar surface area (TPSA) is 364 Å². The molecule has 76 heavy (non-hydrogen) atoms. The number of aliphatic hydroxyl groups is 5. The fraction of sp³-hybridized carbons (Fsp3) is 0.500. The first-order valence-corrected chi connectivity index (χ1v) is 24.6. The Bertz CT molecular complexity index is 3030. The van der Waals surface area contributed by atoms with E-state index in [9.17, 15) is 68.7 Å². The molecule has 406 valence electrons. The number of imide groups is 1. The third-order valence-electron chi connectivity index (χ3n) is 14.3. The monoisotopic (exact) mass is 1060 g/mol. The molecule has 0 bridgehead atoms. The van der Waals surface area contributed by atoms with Crippen molar-refractivity contribution in [2.24, 2.45) is 16.8 Å². The highest BCUT2D eigenvalue weighted by atomic mass is 19.1. The van der Waals surface area contributed by atoms with Crippen molar-refractivity contribution in [2.75, 3.05) is 32.8 Å². The summed E-state index contributed by atoms with van der Waals surface area (Å²) in [5.41, 5.74) is 0.356. The van der Waals surface area contributed by atoms with Crippen LogP contribution in [0.4, 0.5) is 4.39 Å². The number of aromatic nitrogens is 2. The second-order valence-electron chi connectivity index (χ2n) is 19.4. The predicted molar refractivity (Wildman–Crippen MR) is 258 cm³/mol. The average Bonchev–Trinajstić information content (AvgIpc) is 4.01. The molecular weight excluding hydrogens is 1000 g/mol. The molecule has 9 N–H and O–H groups in total. The number of carbonyl (C=O) groups excluding carboxylic acids is 8. The zero-order valence-electron chi connectivity index (χ0n) is 41.7. The number of aliphatic imine (C=N–C) groups is 1. The number of aryl methyl sites for hydroxylation is 1. The second-order valence-corrected chi connectivity index (χ2v) is 19.4. The van der Waals surface area contributed by atoms with Gasteiger partial charge in [-0.15, -0.1) is 0 Å². The zero-order valence-corrected chi connectivity index (χ0v) is 41.7. The number of amides is 7. The van der Waals surface area contributed by atoms with E-state index in [1.807, 2.05) is 0 Å². The Labute approximate surface area is 431 Å². The first-order valence-electron chi connectivity index (χ1n) is 24.6. The van der Waals surface area contributed by atoms with Gasteiger partial charge < -0.3 is 65.6 Å². The summed E-state index contributed by atoms with van der Waals surface area (Å²) in [5.74, 6) is -8.93. The van der Waals surface area contributed by atoms with Crippen LogP contribution in [0.25, 0.3) is 22.3 Å². The number of cyclic esters (lactones) is 1. The smallest absolute Gasteiger partial charge is 0.343 e. The van der Waals surface area contributed by atoms with Gasteiger partial charge >= 0.3 is 5.97 Å². The summed E-state index contributed by atoms with van der Waals surface area (Å²) in [6.45, 7) is 2.96. The molecule has 1 fully saturated rings. The van der Waals surface area contributed by atoms with Gasteiger partial charge in [-0.1, -0.05) is 20.8 Å². The lowest BCUT2D eigenvalue weighted by atomic mass is 9.81. The first-order chi connectivity index (χ1) is 36.1. The molecule has 7 amide bonds. The van der Waals surface area contributed by atoms with Crippen molar-refractivity contribution in [2.45, 2.75) is 115 Å². The van der Waals surface area contributed by atoms with Gasteiger partial charge in [-0.2, -0.15) is 0 Å². The van der Waals surface area contributed by atoms with Gasteiger partial charge in [-0.3, -0.25) is 43.3 Å². The largest absolute Gasteiger partial charge is 0.458 e. The van der Waals surface area contributed by atoms with Crippen molar-refractivity contribution < 1.29 is 82.5 Å². The number of halogens is 1. The van der Waals surface area contributed by atoms with Crippen molar-refractivity contribution in [3.05, 3.63) is 73.8 Å². The zero-order chi connectivity index (χ0) is 55.1. The standard InChI is InChI=1S/C50H57FN8O17/c1-5-50(73)27-12-31-41-25(16-58(31)47(71)26(27)20-75-49(50)72)39-29(7-6-24-22(4)28(51)13-30(56-41)38(24)39)55-34(62)15-54-45(69)23(19-74-48-44(68)43(67)42(66)32(18-60)76-48)14-53-46(70)40(21(2)3)57-33(61)10-11-52-35(63)17-59-36(64)8-9-37(59)65/h8-9,12-14,21,23,29,32,40,42-44,48,60,66-68,73H,5-7,10-11,15-20H2,1-4H3,(H,52,63)(H,54,69)(H,55,62)(H,57,61)/t23?,29?,32-,40+,42-,43+,44-,48-,50+/m1/s1. The van der Waals surface area contributed by atoms with E-state index in [-0.39, 0.29) is 67.0 Å². The van der Waals surface area contributed by atoms with E-state index in [1.54, 1.807) is 27.7 Å². The summed E-state index contributed by atoms with van der Waals surface area (Å²) in [7, 11) is 0. The summed E-state index contributed by atoms with van der Waals surface area (Å²) >= 11 is 0. The van der Waals surface area contributed by atoms with Crippen LogP contribution in [0.5, 0.6) is 0 Å². The molecular formula is C50H57FN8O17. The summed E-state index contributed by atoms with van der Waals surface area (Å²) in [5, 5.41) is 63.3. The number of pyridine rings is 2. The minimum absolute atomic E-state index is 0.0361. The fourth-order valence-electron chi connectivity index (χ4n) is 9.94. The van der Waals surface area contributed by atoms with Crippen LogP contribution < -0.4 is 26.8 Å². The molecule has 25 nitrogen and oxygen atoms in total. The number of nitrogens with zero attached hydrogens (tertiary/aromatic N) is 4. The molecule has 1 aliphatic carbocycles. The Morgan fingerprint density at radius 3 is 2.39 bits per heavy atom. The van der Waals surface area contributed by atoms with Crippen molar-refractivity contribution >= 4 is 64.4 Å². The van der Waals surface area contributed by atoms with E-state index >= 15 is 4.39 Å². The van der Waals surface area contributed by atoms with Crippen LogP contribution in [0.3, 0.4) is 0 Å². The highest BCUT2D eigenvalue weighted by Gasteiger charge is 2.47. The van der Waals surface area contributed by atoms with Crippen molar-refractivity contribution in [1.82, 2.24) is 35.7 Å². The van der Waals surface area contributed by atoms with E-state index in [1.165, 1.54) is 16.7 Å². The highest BCUT2D eigenvalue weighted by molar-refractivity contribution is 6.14. The molecule has 9 atom stereocenters. The number of hydrogen-bond acceptors (Lipinski definition) is 18. The normalized spacial score (nSPS) is 24.2. The molecule has 8 rings (SSSR count). The summed E-state index contributed by atoms with van der Waals surface area (Å²) in [6.07, 6.45) is -5.55. The maximum absolute atomic E-state index is 15.5. The molecule has 3 aromatic rings. The molecule has 1 aromatic carbocycles. The maximum atomic E-state index is 15.5. The van der Waals surface area contributed by atoms with Gasteiger partial charge in [0.15, 0.2) is 11.9 Å². The fourth-order valence-corrected chi connectivity index (χ4v) is 9.94. The van der Waals surface area contributed by atoms with E-state index in [0.29, 0.717) is 39.0 Å². The number of ether oxygens (including phenoxy) is 3. The average molecular weight is 1060 g/mol. The number of aliphatic hydroxyl groups excluding tert-OH is 4. The maximum Gasteiger partial charge on any atom is 0.343 e. The summed E-state index contributed by atoms with van der Waals surface area (Å²) in [6, 6.07) is 0.709. The van der Waals surface area contributed by atoms with Crippen LogP contribution in [0.2, 0.25) is 0 Å². The van der Waals surface area contributed by atoms with E-state index in [0.717, 1.165) is 18.4 Å². The minimum Gasteiger partial charge on any atom is -0.458 e. The Kier molecular flexibility index (Phi) is 16.1. The van der Waals surface area contributed by atoms with E-state index in [4.69, 9.17) is 19.2 Å². The number of rotatable bonds is 18. The van der Waals surface area contributed by atoms with Gasteiger partial charge in [0.25, 0.3) is 23.3 Å². The molecule has 0 radical (unpaired) electrons. The van der Waals surface area contributed by atoms with Crippen LogP contribution in [0.15, 0.2) is 34.1 Å². The van der Waals surface area contributed by atoms with Gasteiger partial charge in [0.05, 0.1) is 60.7 Å². The third-order valence-corrected chi connectivity index (χ3v) is 14.3. The molecule has 0 saturated carbocycles. The number of nitrogens with one attached hydrogen (secondary N) is 4. The Balaban J connectivity index is 0.989. The summed E-state index contributed by atoms with van der Waals surface area (Å²) < 4.78 is 33.2. The van der Waals surface area contributed by atoms with Gasteiger partial charge in [-0.25, -0.2) is 19.2 Å². The number of carbonyl (C=O) groups is 8. The number of fused-ring (bicyclic) bond motifs is 5. The van der Waals surface area contributed by atoms with Crippen LogP contribution >= 0.6 is 0 Å².